The quantitative estimate of drug-likeness (QED) is 0.468. The fourth-order valence-corrected chi connectivity index (χ4v) is 4.15. The van der Waals surface area contributed by atoms with Crippen molar-refractivity contribution >= 4 is 17.4 Å². The topological polar surface area (TPSA) is 88.8 Å². The van der Waals surface area contributed by atoms with Crippen LogP contribution < -0.4 is 9.64 Å². The zero-order valence-corrected chi connectivity index (χ0v) is 18.5. The van der Waals surface area contributed by atoms with E-state index in [4.69, 9.17) is 9.84 Å². The van der Waals surface area contributed by atoms with Crippen molar-refractivity contribution in [3.8, 4) is 17.1 Å². The van der Waals surface area contributed by atoms with Gasteiger partial charge in [-0.05, 0) is 36.8 Å². The zero-order valence-electron chi connectivity index (χ0n) is 18.5. The molecule has 5 rings (SSSR count). The van der Waals surface area contributed by atoms with Gasteiger partial charge in [0.05, 0.1) is 13.5 Å². The molecule has 0 aliphatic carbocycles. The molecule has 33 heavy (non-hydrogen) atoms. The summed E-state index contributed by atoms with van der Waals surface area (Å²) in [5, 5.41) is 13.4. The van der Waals surface area contributed by atoms with Crippen LogP contribution in [-0.2, 0) is 11.2 Å². The van der Waals surface area contributed by atoms with Gasteiger partial charge < -0.3 is 14.5 Å². The molecule has 0 unspecified atom stereocenters. The number of fused-ring (bicyclic) bond motifs is 1. The summed E-state index contributed by atoms with van der Waals surface area (Å²) in [6, 6.07) is 15.4. The van der Waals surface area contributed by atoms with Gasteiger partial charge in [-0.25, -0.2) is 0 Å². The molecule has 1 aliphatic rings. The number of amides is 1. The molecule has 168 valence electrons. The molecular weight excluding hydrogens is 418 g/mol. The van der Waals surface area contributed by atoms with Crippen LogP contribution in [0.2, 0.25) is 0 Å². The maximum atomic E-state index is 13.0. The molecule has 1 amide bonds. The minimum atomic E-state index is 0.114. The minimum absolute atomic E-state index is 0.114. The Labute approximate surface area is 191 Å². The smallest absolute Gasteiger partial charge is 0.227 e. The van der Waals surface area contributed by atoms with Gasteiger partial charge in [-0.1, -0.05) is 18.2 Å². The van der Waals surface area contributed by atoms with Gasteiger partial charge in [0.2, 0.25) is 5.91 Å². The Kier molecular flexibility index (Phi) is 5.84. The summed E-state index contributed by atoms with van der Waals surface area (Å²) in [7, 11) is 1.63. The number of para-hydroxylation sites is 1. The summed E-state index contributed by atoms with van der Waals surface area (Å²) in [5.74, 6) is 2.39. The average molecular weight is 444 g/mol. The number of aromatic nitrogens is 5. The van der Waals surface area contributed by atoms with Crippen molar-refractivity contribution in [3.63, 3.8) is 0 Å². The number of pyridine rings is 1. The summed E-state index contributed by atoms with van der Waals surface area (Å²) in [6.07, 6.45) is 4.67. The molecule has 0 bridgehead atoms. The lowest BCUT2D eigenvalue weighted by Gasteiger charge is -2.23. The third-order valence-corrected chi connectivity index (χ3v) is 5.89. The third kappa shape index (κ3) is 4.34. The van der Waals surface area contributed by atoms with E-state index < -0.39 is 0 Å². The van der Waals surface area contributed by atoms with Crippen molar-refractivity contribution < 1.29 is 9.53 Å². The Morgan fingerprint density at radius 2 is 1.82 bits per heavy atom. The van der Waals surface area contributed by atoms with Gasteiger partial charge in [-0.15, -0.1) is 15.3 Å². The molecule has 3 aromatic heterocycles. The van der Waals surface area contributed by atoms with Gasteiger partial charge in [0.1, 0.15) is 11.6 Å². The molecule has 1 aromatic carbocycles. The van der Waals surface area contributed by atoms with E-state index in [1.165, 1.54) is 0 Å². The number of rotatable bonds is 5. The number of methoxy groups -OCH3 is 1. The van der Waals surface area contributed by atoms with Crippen LogP contribution in [0.25, 0.3) is 17.0 Å². The summed E-state index contributed by atoms with van der Waals surface area (Å²) in [4.78, 5) is 21.2. The highest BCUT2D eigenvalue weighted by atomic mass is 16.5. The fraction of sp³-hybridized carbons (Fsp3) is 0.292. The van der Waals surface area contributed by atoms with Crippen molar-refractivity contribution in [2.24, 2.45) is 0 Å². The van der Waals surface area contributed by atoms with Crippen LogP contribution in [0.1, 0.15) is 12.0 Å². The lowest BCUT2D eigenvalue weighted by molar-refractivity contribution is -0.130. The lowest BCUT2D eigenvalue weighted by atomic mass is 10.1. The molecule has 1 aliphatic heterocycles. The van der Waals surface area contributed by atoms with E-state index >= 15 is 0 Å². The van der Waals surface area contributed by atoms with Gasteiger partial charge in [-0.2, -0.15) is 4.52 Å². The number of anilines is 1. The highest BCUT2D eigenvalue weighted by Crippen LogP contribution is 2.21. The second-order valence-electron chi connectivity index (χ2n) is 7.93. The lowest BCUT2D eigenvalue weighted by Crippen LogP contribution is -2.36. The van der Waals surface area contributed by atoms with Crippen molar-refractivity contribution in [3.05, 3.63) is 66.5 Å². The number of ether oxygens (including phenoxy) is 1. The van der Waals surface area contributed by atoms with E-state index in [1.807, 2.05) is 53.4 Å². The summed E-state index contributed by atoms with van der Waals surface area (Å²) in [6.45, 7) is 2.90. The first-order chi connectivity index (χ1) is 16.2. The first-order valence-corrected chi connectivity index (χ1v) is 11.0. The number of carbonyl (C=O) groups excluding carboxylic acids is 1. The second-order valence-corrected chi connectivity index (χ2v) is 7.93. The van der Waals surface area contributed by atoms with Crippen molar-refractivity contribution in [1.82, 2.24) is 29.7 Å². The van der Waals surface area contributed by atoms with E-state index in [9.17, 15) is 4.79 Å². The average Bonchev–Trinajstić information content (AvgIpc) is 3.12. The standard InChI is InChI=1S/C24H25N7O2/c1-33-20-6-3-2-5-19(20)17-23(32)30-14-4-13-29(15-16-30)22-8-7-21-26-27-24(31(21)28-22)18-9-11-25-12-10-18/h2-3,5-12H,4,13-17H2,1H3. The van der Waals surface area contributed by atoms with Gasteiger partial charge >= 0.3 is 0 Å². The van der Waals surface area contributed by atoms with Crippen LogP contribution in [0.3, 0.4) is 0 Å². The van der Waals surface area contributed by atoms with E-state index in [0.717, 1.165) is 42.2 Å². The molecule has 9 heteroatoms. The van der Waals surface area contributed by atoms with E-state index in [0.29, 0.717) is 31.0 Å². The minimum Gasteiger partial charge on any atom is -0.496 e. The SMILES string of the molecule is COc1ccccc1CC(=O)N1CCCN(c2ccc3nnc(-c4ccncc4)n3n2)CC1. The normalized spacial score (nSPS) is 14.3. The molecule has 0 atom stereocenters. The van der Waals surface area contributed by atoms with Crippen LogP contribution in [0.4, 0.5) is 5.82 Å². The van der Waals surface area contributed by atoms with Crippen molar-refractivity contribution in [2.75, 3.05) is 38.2 Å². The van der Waals surface area contributed by atoms with Crippen molar-refractivity contribution in [1.29, 1.82) is 0 Å². The molecule has 1 fully saturated rings. The van der Waals surface area contributed by atoms with E-state index in [2.05, 4.69) is 20.1 Å². The molecular formula is C24H25N7O2. The number of benzene rings is 1. The highest BCUT2D eigenvalue weighted by Gasteiger charge is 2.22. The maximum Gasteiger partial charge on any atom is 0.227 e. The molecule has 0 N–H and O–H groups in total. The molecule has 4 aromatic rings. The number of hydrogen-bond donors (Lipinski definition) is 0. The van der Waals surface area contributed by atoms with Gasteiger partial charge in [0, 0.05) is 49.7 Å². The number of nitrogens with zero attached hydrogens (tertiary/aromatic N) is 7. The maximum absolute atomic E-state index is 13.0. The first-order valence-electron chi connectivity index (χ1n) is 11.0. The number of hydrogen-bond acceptors (Lipinski definition) is 7. The van der Waals surface area contributed by atoms with Crippen LogP contribution >= 0.6 is 0 Å². The molecule has 0 saturated carbocycles. The largest absolute Gasteiger partial charge is 0.496 e. The highest BCUT2D eigenvalue weighted by molar-refractivity contribution is 5.79. The van der Waals surface area contributed by atoms with Crippen LogP contribution in [0.5, 0.6) is 5.75 Å². The van der Waals surface area contributed by atoms with Crippen LogP contribution in [-0.4, -0.2) is 68.9 Å². The molecule has 0 spiro atoms. The van der Waals surface area contributed by atoms with Crippen LogP contribution in [0.15, 0.2) is 60.9 Å². The summed E-state index contributed by atoms with van der Waals surface area (Å²) in [5.41, 5.74) is 2.51. The Morgan fingerprint density at radius 1 is 0.970 bits per heavy atom. The fourth-order valence-electron chi connectivity index (χ4n) is 4.15. The van der Waals surface area contributed by atoms with Gasteiger partial charge in [-0.3, -0.25) is 9.78 Å². The Bertz CT molecular complexity index is 1260. The molecule has 0 radical (unpaired) electrons. The summed E-state index contributed by atoms with van der Waals surface area (Å²) >= 11 is 0. The van der Waals surface area contributed by atoms with Gasteiger partial charge in [0.15, 0.2) is 11.5 Å². The van der Waals surface area contributed by atoms with E-state index in [1.54, 1.807) is 24.0 Å². The van der Waals surface area contributed by atoms with Gasteiger partial charge in [0.25, 0.3) is 0 Å². The Hall–Kier alpha value is -4.01. The second kappa shape index (κ2) is 9.23. The Morgan fingerprint density at radius 3 is 2.67 bits per heavy atom. The first kappa shape index (κ1) is 20.9. The number of carbonyl (C=O) groups is 1. The predicted octanol–water partition coefficient (Wildman–Crippen LogP) is 2.48. The predicted molar refractivity (Wildman–Crippen MR) is 124 cm³/mol. The van der Waals surface area contributed by atoms with Crippen LogP contribution in [0, 0.1) is 0 Å². The molecule has 1 saturated heterocycles. The molecule has 9 nitrogen and oxygen atoms in total. The third-order valence-electron chi connectivity index (χ3n) is 5.89. The Balaban J connectivity index is 1.31. The monoisotopic (exact) mass is 443 g/mol. The van der Waals surface area contributed by atoms with E-state index in [-0.39, 0.29) is 5.91 Å². The zero-order chi connectivity index (χ0) is 22.6. The molecule has 4 heterocycles. The van der Waals surface area contributed by atoms with Crippen molar-refractivity contribution in [2.45, 2.75) is 12.8 Å². The summed E-state index contributed by atoms with van der Waals surface area (Å²) < 4.78 is 7.16.